The van der Waals surface area contributed by atoms with Crippen LogP contribution in [-0.4, -0.2) is 61.8 Å². The SMILES string of the molecule is C[N+](C)(C)CC(=O)NC(=O)N/N=C/[C@@H](CC#N)CN(Cc1ccccc1)Cc1ccccc1. The lowest BCUT2D eigenvalue weighted by Crippen LogP contribution is -2.47. The van der Waals surface area contributed by atoms with Crippen molar-refractivity contribution in [2.24, 2.45) is 11.0 Å². The number of benzene rings is 2. The van der Waals surface area contributed by atoms with E-state index in [1.54, 1.807) is 6.21 Å². The second kappa shape index (κ2) is 13.1. The van der Waals surface area contributed by atoms with E-state index in [9.17, 15) is 14.9 Å². The van der Waals surface area contributed by atoms with Gasteiger partial charge in [-0.25, -0.2) is 10.2 Å². The Hall–Kier alpha value is -3.54. The number of nitriles is 1. The predicted molar refractivity (Wildman–Crippen MR) is 129 cm³/mol. The van der Waals surface area contributed by atoms with Gasteiger partial charge in [0.05, 0.1) is 27.2 Å². The van der Waals surface area contributed by atoms with Crippen molar-refractivity contribution in [2.45, 2.75) is 19.5 Å². The summed E-state index contributed by atoms with van der Waals surface area (Å²) in [6, 6.07) is 21.8. The van der Waals surface area contributed by atoms with E-state index < -0.39 is 6.03 Å². The van der Waals surface area contributed by atoms with Crippen molar-refractivity contribution < 1.29 is 14.1 Å². The molecular weight excluding hydrogens is 416 g/mol. The van der Waals surface area contributed by atoms with Gasteiger partial charge in [0.1, 0.15) is 0 Å². The Bertz CT molecular complexity index is 907. The molecule has 0 unspecified atom stereocenters. The molecule has 0 aliphatic carbocycles. The fourth-order valence-electron chi connectivity index (χ4n) is 3.31. The van der Waals surface area contributed by atoms with Crippen molar-refractivity contribution in [3.8, 4) is 6.07 Å². The van der Waals surface area contributed by atoms with E-state index >= 15 is 0 Å². The van der Waals surface area contributed by atoms with E-state index in [2.05, 4.69) is 51.1 Å². The highest BCUT2D eigenvalue weighted by Gasteiger charge is 2.17. The number of quaternary nitrogens is 1. The molecule has 0 heterocycles. The van der Waals surface area contributed by atoms with Crippen LogP contribution in [0.1, 0.15) is 17.5 Å². The number of likely N-dealkylation sites (N-methyl/N-ethyl adjacent to an activating group) is 1. The summed E-state index contributed by atoms with van der Waals surface area (Å²) < 4.78 is 0.408. The largest absolute Gasteiger partial charge is 0.341 e. The molecule has 0 aliphatic rings. The van der Waals surface area contributed by atoms with Gasteiger partial charge in [-0.1, -0.05) is 60.7 Å². The van der Waals surface area contributed by atoms with Gasteiger partial charge in [-0.3, -0.25) is 15.0 Å². The Morgan fingerprint density at radius 1 is 1.03 bits per heavy atom. The molecule has 8 nitrogen and oxygen atoms in total. The van der Waals surface area contributed by atoms with Crippen LogP contribution in [0.15, 0.2) is 65.8 Å². The standard InChI is InChI=1S/C25H32N6O2/c1-31(2,3)20-24(32)28-25(33)29-27-16-23(14-15-26)19-30(17-21-10-6-4-7-11-21)18-22-12-8-5-9-13-22/h4-13,16,23H,14,17-20H2,1-3H3,(H-,28,29,32,33)/p+1/b27-16+/t23-/m1/s1. The Balaban J connectivity index is 2.00. The van der Waals surface area contributed by atoms with E-state index in [0.29, 0.717) is 11.0 Å². The fraction of sp³-hybridized carbons (Fsp3) is 0.360. The second-order valence-corrected chi connectivity index (χ2v) is 8.98. The number of hydrazone groups is 1. The Kier molecular flexibility index (Phi) is 10.2. The lowest BCUT2D eigenvalue weighted by Gasteiger charge is -2.25. The first-order valence-corrected chi connectivity index (χ1v) is 10.9. The molecule has 2 N–H and O–H groups in total. The van der Waals surface area contributed by atoms with Gasteiger partial charge in [-0.05, 0) is 11.1 Å². The lowest BCUT2D eigenvalue weighted by molar-refractivity contribution is -0.862. The smallest absolute Gasteiger partial charge is 0.323 e. The molecule has 0 radical (unpaired) electrons. The van der Waals surface area contributed by atoms with Crippen LogP contribution in [-0.2, 0) is 17.9 Å². The van der Waals surface area contributed by atoms with Crippen molar-refractivity contribution in [2.75, 3.05) is 34.2 Å². The molecule has 174 valence electrons. The molecule has 1 atom stereocenters. The molecule has 0 saturated carbocycles. The van der Waals surface area contributed by atoms with Gasteiger partial charge < -0.3 is 4.48 Å². The molecule has 3 amide bonds. The lowest BCUT2D eigenvalue weighted by atomic mass is 10.1. The van der Waals surface area contributed by atoms with Gasteiger partial charge in [-0.15, -0.1) is 0 Å². The molecule has 0 aromatic heterocycles. The first kappa shape index (κ1) is 25.7. The normalized spacial score (nSPS) is 12.3. The quantitative estimate of drug-likeness (QED) is 0.313. The average molecular weight is 450 g/mol. The molecule has 0 bridgehead atoms. The van der Waals surface area contributed by atoms with Crippen molar-refractivity contribution in [3.05, 3.63) is 71.8 Å². The van der Waals surface area contributed by atoms with Crippen LogP contribution in [0.3, 0.4) is 0 Å². The van der Waals surface area contributed by atoms with Crippen molar-refractivity contribution in [1.29, 1.82) is 5.26 Å². The second-order valence-electron chi connectivity index (χ2n) is 8.98. The number of nitrogens with one attached hydrogen (secondary N) is 2. The number of nitrogens with zero attached hydrogens (tertiary/aromatic N) is 4. The minimum absolute atomic E-state index is 0.169. The number of hydrogen-bond donors (Lipinski definition) is 2. The van der Waals surface area contributed by atoms with E-state index in [1.165, 1.54) is 11.1 Å². The third-order valence-corrected chi connectivity index (χ3v) is 4.67. The number of amides is 3. The van der Waals surface area contributed by atoms with Crippen molar-refractivity contribution in [3.63, 3.8) is 0 Å². The van der Waals surface area contributed by atoms with E-state index in [1.807, 2.05) is 57.5 Å². The Morgan fingerprint density at radius 3 is 2.06 bits per heavy atom. The molecular formula is C25H33N6O2+. The molecule has 0 saturated heterocycles. The number of hydrogen-bond acceptors (Lipinski definition) is 5. The highest BCUT2D eigenvalue weighted by atomic mass is 16.2. The van der Waals surface area contributed by atoms with Gasteiger partial charge in [-0.2, -0.15) is 10.4 Å². The van der Waals surface area contributed by atoms with Gasteiger partial charge in [0, 0.05) is 38.2 Å². The highest BCUT2D eigenvalue weighted by molar-refractivity contribution is 5.94. The maximum atomic E-state index is 11.9. The molecule has 8 heteroatoms. The summed E-state index contributed by atoms with van der Waals surface area (Å²) in [5.74, 6) is -0.578. The highest BCUT2D eigenvalue weighted by Crippen LogP contribution is 2.13. The maximum absolute atomic E-state index is 11.9. The van der Waals surface area contributed by atoms with Gasteiger partial charge in [0.25, 0.3) is 5.91 Å². The third-order valence-electron chi connectivity index (χ3n) is 4.67. The minimum atomic E-state index is -0.689. The summed E-state index contributed by atoms with van der Waals surface area (Å²) in [7, 11) is 5.58. The zero-order valence-corrected chi connectivity index (χ0v) is 19.6. The van der Waals surface area contributed by atoms with Crippen molar-refractivity contribution in [1.82, 2.24) is 15.6 Å². The molecule has 0 spiro atoms. The van der Waals surface area contributed by atoms with E-state index in [0.717, 1.165) is 13.1 Å². The zero-order chi connectivity index (χ0) is 24.1. The number of urea groups is 1. The first-order valence-electron chi connectivity index (χ1n) is 10.9. The Labute approximate surface area is 196 Å². The summed E-state index contributed by atoms with van der Waals surface area (Å²) in [5.41, 5.74) is 4.68. The van der Waals surface area contributed by atoms with Crippen LogP contribution in [0.25, 0.3) is 0 Å². The zero-order valence-electron chi connectivity index (χ0n) is 19.6. The fourth-order valence-corrected chi connectivity index (χ4v) is 3.31. The maximum Gasteiger partial charge on any atom is 0.341 e. The number of imide groups is 1. The Morgan fingerprint density at radius 2 is 1.58 bits per heavy atom. The summed E-state index contributed by atoms with van der Waals surface area (Å²) in [6.45, 7) is 2.20. The average Bonchev–Trinajstić information content (AvgIpc) is 2.74. The third kappa shape index (κ3) is 11.1. The molecule has 2 aromatic rings. The van der Waals surface area contributed by atoms with Crippen LogP contribution in [0.5, 0.6) is 0 Å². The van der Waals surface area contributed by atoms with Gasteiger partial charge in [0.15, 0.2) is 6.54 Å². The predicted octanol–water partition coefficient (Wildman–Crippen LogP) is 2.74. The first-order chi connectivity index (χ1) is 15.7. The molecule has 33 heavy (non-hydrogen) atoms. The summed E-state index contributed by atoms with van der Waals surface area (Å²) in [4.78, 5) is 26.1. The monoisotopic (exact) mass is 449 g/mol. The van der Waals surface area contributed by atoms with Crippen LogP contribution in [0.2, 0.25) is 0 Å². The number of carbonyl (C=O) groups excluding carboxylic acids is 2. The van der Waals surface area contributed by atoms with E-state index in [-0.39, 0.29) is 24.8 Å². The molecule has 2 aromatic carbocycles. The van der Waals surface area contributed by atoms with Crippen LogP contribution in [0.4, 0.5) is 4.79 Å². The summed E-state index contributed by atoms with van der Waals surface area (Å²) >= 11 is 0. The number of carbonyl (C=O) groups is 2. The molecule has 0 fully saturated rings. The molecule has 0 aliphatic heterocycles. The van der Waals surface area contributed by atoms with Crippen molar-refractivity contribution >= 4 is 18.2 Å². The minimum Gasteiger partial charge on any atom is -0.323 e. The van der Waals surface area contributed by atoms with Gasteiger partial charge >= 0.3 is 6.03 Å². The summed E-state index contributed by atoms with van der Waals surface area (Å²) in [6.07, 6.45) is 1.82. The molecule has 2 rings (SSSR count). The van der Waals surface area contributed by atoms with Crippen LogP contribution >= 0.6 is 0 Å². The topological polar surface area (TPSA) is 97.6 Å². The van der Waals surface area contributed by atoms with Crippen LogP contribution in [0, 0.1) is 17.2 Å². The van der Waals surface area contributed by atoms with Gasteiger partial charge in [0.2, 0.25) is 0 Å². The van der Waals surface area contributed by atoms with Crippen LogP contribution < -0.4 is 10.7 Å². The number of rotatable bonds is 11. The summed E-state index contributed by atoms with van der Waals surface area (Å²) in [5, 5.41) is 15.5. The van der Waals surface area contributed by atoms with E-state index in [4.69, 9.17) is 0 Å².